The minimum atomic E-state index is -3.46. The number of halogens is 1. The molecule has 2 rings (SSSR count). The van der Waals surface area contributed by atoms with Gasteiger partial charge in [-0.15, -0.1) is 0 Å². The van der Waals surface area contributed by atoms with Gasteiger partial charge in [0.05, 0.1) is 11.5 Å². The fraction of sp³-hybridized carbons (Fsp3) is 0.294. The topological polar surface area (TPSA) is 54.4 Å². The van der Waals surface area contributed by atoms with E-state index in [9.17, 15) is 13.5 Å². The summed E-state index contributed by atoms with van der Waals surface area (Å²) < 4.78 is 24.7. The molecule has 0 fully saturated rings. The molecule has 2 aromatic rings. The molecule has 0 bridgehead atoms. The van der Waals surface area contributed by atoms with Crippen molar-refractivity contribution < 1.29 is 13.5 Å². The molecular formula is C17H19ClO3S. The molecule has 0 saturated heterocycles. The predicted octanol–water partition coefficient (Wildman–Crippen LogP) is 3.47. The van der Waals surface area contributed by atoms with E-state index in [-0.39, 0.29) is 11.5 Å². The van der Waals surface area contributed by atoms with Crippen LogP contribution in [-0.2, 0) is 21.2 Å². The molecular weight excluding hydrogens is 320 g/mol. The Labute approximate surface area is 136 Å². The Morgan fingerprint density at radius 1 is 1.05 bits per heavy atom. The lowest BCUT2D eigenvalue weighted by Crippen LogP contribution is -2.31. The van der Waals surface area contributed by atoms with Crippen molar-refractivity contribution in [2.75, 3.05) is 5.75 Å². The van der Waals surface area contributed by atoms with Crippen molar-refractivity contribution in [3.63, 3.8) is 0 Å². The highest BCUT2D eigenvalue weighted by Gasteiger charge is 2.30. The molecule has 0 aliphatic carbocycles. The lowest BCUT2D eigenvalue weighted by atomic mass is 9.97. The summed E-state index contributed by atoms with van der Waals surface area (Å²) in [6.07, 6.45) is 0. The van der Waals surface area contributed by atoms with Gasteiger partial charge in [0.2, 0.25) is 0 Å². The quantitative estimate of drug-likeness (QED) is 0.908. The monoisotopic (exact) mass is 338 g/mol. The summed E-state index contributed by atoms with van der Waals surface area (Å²) >= 11 is 5.79. The second kappa shape index (κ2) is 6.41. The van der Waals surface area contributed by atoms with E-state index in [1.54, 1.807) is 36.4 Å². The van der Waals surface area contributed by atoms with Crippen LogP contribution in [0, 0.1) is 6.92 Å². The number of aryl methyl sites for hydroxylation is 1. The van der Waals surface area contributed by atoms with Crippen LogP contribution in [0.25, 0.3) is 0 Å². The third-order valence-electron chi connectivity index (χ3n) is 3.47. The maximum absolute atomic E-state index is 12.3. The Balaban J connectivity index is 2.16. The first-order chi connectivity index (χ1) is 10.2. The summed E-state index contributed by atoms with van der Waals surface area (Å²) in [6, 6.07) is 13.9. The summed E-state index contributed by atoms with van der Waals surface area (Å²) in [5, 5.41) is 11.1. The number of aliphatic hydroxyl groups is 1. The largest absolute Gasteiger partial charge is 0.384 e. The van der Waals surface area contributed by atoms with E-state index in [1.807, 2.05) is 19.1 Å². The van der Waals surface area contributed by atoms with Crippen molar-refractivity contribution >= 4 is 21.4 Å². The smallest absolute Gasteiger partial charge is 0.157 e. The maximum Gasteiger partial charge on any atom is 0.157 e. The zero-order chi connectivity index (χ0) is 16.4. The van der Waals surface area contributed by atoms with Crippen LogP contribution < -0.4 is 0 Å². The maximum atomic E-state index is 12.3. The van der Waals surface area contributed by atoms with Crippen molar-refractivity contribution in [3.05, 3.63) is 70.2 Å². The van der Waals surface area contributed by atoms with Gasteiger partial charge in [0, 0.05) is 5.02 Å². The van der Waals surface area contributed by atoms with Crippen molar-refractivity contribution in [2.45, 2.75) is 25.2 Å². The molecule has 2 aromatic carbocycles. The van der Waals surface area contributed by atoms with Gasteiger partial charge in [0.25, 0.3) is 0 Å². The van der Waals surface area contributed by atoms with Crippen molar-refractivity contribution in [1.29, 1.82) is 0 Å². The molecule has 0 saturated carbocycles. The first-order valence-corrected chi connectivity index (χ1v) is 9.12. The van der Waals surface area contributed by atoms with E-state index in [0.717, 1.165) is 5.56 Å². The fourth-order valence-electron chi connectivity index (χ4n) is 2.31. The average molecular weight is 339 g/mol. The molecule has 0 aromatic heterocycles. The van der Waals surface area contributed by atoms with Gasteiger partial charge < -0.3 is 5.11 Å². The van der Waals surface area contributed by atoms with E-state index < -0.39 is 15.4 Å². The summed E-state index contributed by atoms with van der Waals surface area (Å²) in [6.45, 7) is 3.47. The highest BCUT2D eigenvalue weighted by molar-refractivity contribution is 7.90. The zero-order valence-electron chi connectivity index (χ0n) is 12.6. The molecule has 0 heterocycles. The van der Waals surface area contributed by atoms with Gasteiger partial charge in [-0.25, -0.2) is 8.42 Å². The van der Waals surface area contributed by atoms with E-state index in [4.69, 9.17) is 11.6 Å². The lowest BCUT2D eigenvalue weighted by Gasteiger charge is -2.24. The molecule has 3 nitrogen and oxygen atoms in total. The minimum absolute atomic E-state index is 0.119. The second-order valence-electron chi connectivity index (χ2n) is 5.80. The van der Waals surface area contributed by atoms with E-state index in [1.165, 1.54) is 6.92 Å². The molecule has 5 heteroatoms. The highest BCUT2D eigenvalue weighted by Crippen LogP contribution is 2.24. The number of hydrogen-bond donors (Lipinski definition) is 1. The standard InChI is InChI=1S/C17H19ClO3S/c1-13-3-7-15(8-4-13)17(2,19)12-22(20,21)11-14-5-9-16(18)10-6-14/h3-10,19H,11-12H2,1-2H3/t17-/m0/s1. The molecule has 0 spiro atoms. The SMILES string of the molecule is Cc1ccc([C@@](C)(O)CS(=O)(=O)Cc2ccc(Cl)cc2)cc1. The van der Waals surface area contributed by atoms with Crippen molar-refractivity contribution in [1.82, 2.24) is 0 Å². The first kappa shape index (κ1) is 17.0. The van der Waals surface area contributed by atoms with Crippen LogP contribution in [0.3, 0.4) is 0 Å². The fourth-order valence-corrected chi connectivity index (χ4v) is 4.26. The van der Waals surface area contributed by atoms with Crippen LogP contribution in [0.15, 0.2) is 48.5 Å². The van der Waals surface area contributed by atoms with Crippen molar-refractivity contribution in [2.24, 2.45) is 0 Å². The summed E-state index contributed by atoms with van der Waals surface area (Å²) in [5.74, 6) is -0.447. The summed E-state index contributed by atoms with van der Waals surface area (Å²) in [5.41, 5.74) is 0.893. The average Bonchev–Trinajstić information content (AvgIpc) is 2.40. The van der Waals surface area contributed by atoms with Gasteiger partial charge in [-0.05, 0) is 37.1 Å². The van der Waals surface area contributed by atoms with Gasteiger partial charge in [-0.2, -0.15) is 0 Å². The van der Waals surface area contributed by atoms with E-state index in [2.05, 4.69) is 0 Å². The van der Waals surface area contributed by atoms with Gasteiger partial charge in [-0.3, -0.25) is 0 Å². The Morgan fingerprint density at radius 2 is 1.59 bits per heavy atom. The van der Waals surface area contributed by atoms with E-state index in [0.29, 0.717) is 16.1 Å². The number of hydrogen-bond acceptors (Lipinski definition) is 3. The van der Waals surface area contributed by atoms with Crippen LogP contribution >= 0.6 is 11.6 Å². The summed E-state index contributed by atoms with van der Waals surface area (Å²) in [4.78, 5) is 0. The first-order valence-electron chi connectivity index (χ1n) is 6.92. The van der Waals surface area contributed by atoms with Crippen LogP contribution in [0.1, 0.15) is 23.6 Å². The molecule has 118 valence electrons. The van der Waals surface area contributed by atoms with Crippen LogP contribution in [0.5, 0.6) is 0 Å². The molecule has 0 amide bonds. The van der Waals surface area contributed by atoms with Gasteiger partial charge >= 0.3 is 0 Å². The zero-order valence-corrected chi connectivity index (χ0v) is 14.2. The lowest BCUT2D eigenvalue weighted by molar-refractivity contribution is 0.0819. The van der Waals surface area contributed by atoms with Crippen LogP contribution in [0.4, 0.5) is 0 Å². The number of benzene rings is 2. The van der Waals surface area contributed by atoms with Crippen LogP contribution in [0.2, 0.25) is 5.02 Å². The Kier molecular flexibility index (Phi) is 4.95. The highest BCUT2D eigenvalue weighted by atomic mass is 35.5. The molecule has 0 radical (unpaired) electrons. The summed E-state index contributed by atoms with van der Waals surface area (Å²) in [7, 11) is -3.46. The molecule has 22 heavy (non-hydrogen) atoms. The number of sulfone groups is 1. The second-order valence-corrected chi connectivity index (χ2v) is 8.30. The van der Waals surface area contributed by atoms with Gasteiger partial charge in [0.1, 0.15) is 5.60 Å². The molecule has 1 atom stereocenters. The van der Waals surface area contributed by atoms with Crippen LogP contribution in [-0.4, -0.2) is 19.3 Å². The predicted molar refractivity (Wildman–Crippen MR) is 89.7 cm³/mol. The number of rotatable bonds is 5. The molecule has 0 aliphatic heterocycles. The van der Waals surface area contributed by atoms with Gasteiger partial charge in [-0.1, -0.05) is 53.6 Å². The normalized spacial score (nSPS) is 14.5. The Morgan fingerprint density at radius 3 is 2.14 bits per heavy atom. The third kappa shape index (κ3) is 4.57. The Hall–Kier alpha value is -1.36. The van der Waals surface area contributed by atoms with Crippen molar-refractivity contribution in [3.8, 4) is 0 Å². The van der Waals surface area contributed by atoms with E-state index >= 15 is 0 Å². The molecule has 1 N–H and O–H groups in total. The minimum Gasteiger partial charge on any atom is -0.384 e. The third-order valence-corrected chi connectivity index (χ3v) is 5.50. The molecule has 0 aliphatic rings. The molecule has 0 unspecified atom stereocenters. The van der Waals surface area contributed by atoms with Gasteiger partial charge in [0.15, 0.2) is 9.84 Å². The Bertz CT molecular complexity index is 732.